The molecule has 2 aromatic rings. The minimum Gasteiger partial charge on any atom is -0.493 e. The molecule has 9 heteroatoms. The minimum absolute atomic E-state index is 0.122. The lowest BCUT2D eigenvalue weighted by molar-refractivity contribution is 0.0526. The van der Waals surface area contributed by atoms with E-state index in [0.717, 1.165) is 42.1 Å². The smallest absolute Gasteiger partial charge is 0.341 e. The molecule has 1 aliphatic rings. The first kappa shape index (κ1) is 25.6. The molecule has 0 spiro atoms. The maximum Gasteiger partial charge on any atom is 0.341 e. The van der Waals surface area contributed by atoms with Gasteiger partial charge in [0, 0.05) is 9.35 Å². The maximum atomic E-state index is 13.0. The molecule has 2 N–H and O–H groups in total. The van der Waals surface area contributed by atoms with Gasteiger partial charge < -0.3 is 14.8 Å². The van der Waals surface area contributed by atoms with E-state index in [1.54, 1.807) is 19.1 Å². The molecule has 0 aliphatic heterocycles. The number of halogens is 1. The Morgan fingerprint density at radius 2 is 2.00 bits per heavy atom. The number of carbonyl (C=O) groups excluding carboxylic acids is 2. The van der Waals surface area contributed by atoms with Crippen LogP contribution < -0.4 is 15.4 Å². The van der Waals surface area contributed by atoms with Crippen LogP contribution in [0, 0.1) is 5.92 Å². The van der Waals surface area contributed by atoms with Gasteiger partial charge in [0.05, 0.1) is 24.3 Å². The van der Waals surface area contributed by atoms with E-state index in [2.05, 4.69) is 40.4 Å². The van der Waals surface area contributed by atoms with Crippen molar-refractivity contribution < 1.29 is 19.1 Å². The normalized spacial score (nSPS) is 12.8. The standard InChI is InChI=1S/C24H29BrN2O4S2/c1-4-30-23(29)20-16-7-5-6-8-19(16)33-22(20)27-24(32)26-21(28)17-13-15(25)9-10-18(17)31-12-11-14(2)3/h9-10,13-14H,4-8,11-12H2,1-3H3,(H2,26,27,28,32). The zero-order chi connectivity index (χ0) is 24.0. The molecule has 1 aliphatic carbocycles. The van der Waals surface area contributed by atoms with E-state index in [1.165, 1.54) is 16.2 Å². The summed E-state index contributed by atoms with van der Waals surface area (Å²) in [6.45, 7) is 6.84. The average Bonchev–Trinajstić information content (AvgIpc) is 3.12. The number of amides is 1. The molecule has 178 valence electrons. The Morgan fingerprint density at radius 3 is 2.73 bits per heavy atom. The molecule has 1 aromatic heterocycles. The van der Waals surface area contributed by atoms with E-state index >= 15 is 0 Å². The van der Waals surface area contributed by atoms with Crippen LogP contribution in [0.2, 0.25) is 0 Å². The number of hydrogen-bond acceptors (Lipinski definition) is 6. The van der Waals surface area contributed by atoms with Gasteiger partial charge in [0.25, 0.3) is 5.91 Å². The van der Waals surface area contributed by atoms with Gasteiger partial charge >= 0.3 is 5.97 Å². The van der Waals surface area contributed by atoms with Crippen LogP contribution in [0.4, 0.5) is 5.00 Å². The Labute approximate surface area is 212 Å². The molecule has 33 heavy (non-hydrogen) atoms. The zero-order valence-corrected chi connectivity index (χ0v) is 22.3. The minimum atomic E-state index is -0.382. The van der Waals surface area contributed by atoms with Crippen LogP contribution in [0.1, 0.15) is 71.2 Å². The van der Waals surface area contributed by atoms with Gasteiger partial charge in [-0.3, -0.25) is 10.1 Å². The van der Waals surface area contributed by atoms with Gasteiger partial charge in [-0.05, 0) is 80.9 Å². The highest BCUT2D eigenvalue weighted by Gasteiger charge is 2.27. The Hall–Kier alpha value is -1.97. The molecular formula is C24H29BrN2O4S2. The van der Waals surface area contributed by atoms with E-state index in [1.807, 2.05) is 6.07 Å². The molecule has 0 radical (unpaired) electrons. The van der Waals surface area contributed by atoms with Crippen molar-refractivity contribution in [2.75, 3.05) is 18.5 Å². The summed E-state index contributed by atoms with van der Waals surface area (Å²) in [6, 6.07) is 5.30. The molecule has 1 aromatic carbocycles. The zero-order valence-electron chi connectivity index (χ0n) is 19.1. The Bertz CT molecular complexity index is 1040. The summed E-state index contributed by atoms with van der Waals surface area (Å²) < 4.78 is 11.9. The molecular weight excluding hydrogens is 524 g/mol. The van der Waals surface area contributed by atoms with E-state index < -0.39 is 0 Å². The summed E-state index contributed by atoms with van der Waals surface area (Å²) in [5.74, 6) is 0.256. The number of carbonyl (C=O) groups is 2. The fourth-order valence-electron chi connectivity index (χ4n) is 3.59. The van der Waals surface area contributed by atoms with Crippen LogP contribution in [0.15, 0.2) is 22.7 Å². The summed E-state index contributed by atoms with van der Waals surface area (Å²) in [5.41, 5.74) is 1.95. The quantitative estimate of drug-likeness (QED) is 0.303. The van der Waals surface area contributed by atoms with Crippen LogP contribution in [-0.4, -0.2) is 30.2 Å². The van der Waals surface area contributed by atoms with E-state index in [9.17, 15) is 9.59 Å². The summed E-state index contributed by atoms with van der Waals surface area (Å²) in [6.07, 6.45) is 4.80. The third-order valence-corrected chi connectivity index (χ3v) is 7.15. The molecule has 1 heterocycles. The van der Waals surface area contributed by atoms with E-state index in [0.29, 0.717) is 41.0 Å². The SMILES string of the molecule is CCOC(=O)c1c(NC(=S)NC(=O)c2cc(Br)ccc2OCCC(C)C)sc2c1CCCC2. The number of hydrogen-bond donors (Lipinski definition) is 2. The second kappa shape index (κ2) is 11.9. The summed E-state index contributed by atoms with van der Waals surface area (Å²) >= 11 is 10.3. The van der Waals surface area contributed by atoms with Gasteiger partial charge in [-0.2, -0.15) is 0 Å². The number of fused-ring (bicyclic) bond motifs is 1. The predicted octanol–water partition coefficient (Wildman–Crippen LogP) is 6.12. The van der Waals surface area contributed by atoms with Gasteiger partial charge in [0.15, 0.2) is 5.11 Å². The molecule has 0 bridgehead atoms. The van der Waals surface area contributed by atoms with Crippen molar-refractivity contribution in [3.8, 4) is 5.75 Å². The molecule has 0 saturated carbocycles. The van der Waals surface area contributed by atoms with Crippen molar-refractivity contribution in [1.82, 2.24) is 5.32 Å². The Kier molecular flexibility index (Phi) is 9.28. The number of esters is 1. The average molecular weight is 554 g/mol. The van der Waals surface area contributed by atoms with Crippen molar-refractivity contribution in [3.63, 3.8) is 0 Å². The Balaban J connectivity index is 1.75. The number of ether oxygens (including phenoxy) is 2. The maximum absolute atomic E-state index is 13.0. The molecule has 0 unspecified atom stereocenters. The lowest BCUT2D eigenvalue weighted by Crippen LogP contribution is -2.34. The lowest BCUT2D eigenvalue weighted by atomic mass is 9.95. The van der Waals surface area contributed by atoms with E-state index in [4.69, 9.17) is 21.7 Å². The molecule has 1 amide bonds. The highest BCUT2D eigenvalue weighted by atomic mass is 79.9. The van der Waals surface area contributed by atoms with Crippen molar-refractivity contribution in [2.45, 2.75) is 52.9 Å². The van der Waals surface area contributed by atoms with Crippen molar-refractivity contribution >= 4 is 61.5 Å². The van der Waals surface area contributed by atoms with Crippen LogP contribution in [0.5, 0.6) is 5.75 Å². The first-order valence-electron chi connectivity index (χ1n) is 11.2. The van der Waals surface area contributed by atoms with Gasteiger partial charge in [0.2, 0.25) is 0 Å². The monoisotopic (exact) mass is 552 g/mol. The predicted molar refractivity (Wildman–Crippen MR) is 140 cm³/mol. The fraction of sp³-hybridized carbons (Fsp3) is 0.458. The van der Waals surface area contributed by atoms with Gasteiger partial charge in [-0.15, -0.1) is 11.3 Å². The van der Waals surface area contributed by atoms with Crippen LogP contribution in [-0.2, 0) is 17.6 Å². The van der Waals surface area contributed by atoms with Gasteiger partial charge in [-0.25, -0.2) is 4.79 Å². The third-order valence-electron chi connectivity index (χ3n) is 5.24. The number of benzene rings is 1. The summed E-state index contributed by atoms with van der Waals surface area (Å²) in [5, 5.41) is 6.53. The van der Waals surface area contributed by atoms with Crippen molar-refractivity contribution in [3.05, 3.63) is 44.2 Å². The molecule has 0 atom stereocenters. The molecule has 6 nitrogen and oxygen atoms in total. The third kappa shape index (κ3) is 6.77. The summed E-state index contributed by atoms with van der Waals surface area (Å²) in [7, 11) is 0. The lowest BCUT2D eigenvalue weighted by Gasteiger charge is -2.14. The van der Waals surface area contributed by atoms with Crippen LogP contribution in [0.25, 0.3) is 0 Å². The number of anilines is 1. The van der Waals surface area contributed by atoms with Crippen molar-refractivity contribution in [1.29, 1.82) is 0 Å². The molecule has 0 saturated heterocycles. The number of rotatable bonds is 8. The van der Waals surface area contributed by atoms with Gasteiger partial charge in [-0.1, -0.05) is 29.8 Å². The van der Waals surface area contributed by atoms with Crippen LogP contribution in [0.3, 0.4) is 0 Å². The fourth-order valence-corrected chi connectivity index (χ4v) is 5.49. The number of nitrogens with one attached hydrogen (secondary N) is 2. The first-order chi connectivity index (χ1) is 15.8. The summed E-state index contributed by atoms with van der Waals surface area (Å²) in [4.78, 5) is 26.8. The number of thiocarbonyl (C=S) groups is 1. The van der Waals surface area contributed by atoms with Crippen LogP contribution >= 0.6 is 39.5 Å². The highest BCUT2D eigenvalue weighted by molar-refractivity contribution is 9.10. The second-order valence-corrected chi connectivity index (χ2v) is 10.6. The topological polar surface area (TPSA) is 76.7 Å². The molecule has 0 fully saturated rings. The number of thiophene rings is 1. The largest absolute Gasteiger partial charge is 0.493 e. The number of aryl methyl sites for hydroxylation is 1. The molecule has 3 rings (SSSR count). The highest BCUT2D eigenvalue weighted by Crippen LogP contribution is 2.38. The van der Waals surface area contributed by atoms with Gasteiger partial charge in [0.1, 0.15) is 10.8 Å². The van der Waals surface area contributed by atoms with E-state index in [-0.39, 0.29) is 17.0 Å². The first-order valence-corrected chi connectivity index (χ1v) is 13.2. The van der Waals surface area contributed by atoms with Crippen molar-refractivity contribution in [2.24, 2.45) is 5.92 Å². The Morgan fingerprint density at radius 1 is 1.24 bits per heavy atom. The second-order valence-electron chi connectivity index (χ2n) is 8.22.